The molecule has 1 spiro atoms. The molecular formula is C24H26ClN3O2. The lowest BCUT2D eigenvalue weighted by Gasteiger charge is -2.32. The fourth-order valence-electron chi connectivity index (χ4n) is 4.86. The Kier molecular flexibility index (Phi) is 4.95. The molecule has 2 fully saturated rings. The second-order valence-electron chi connectivity index (χ2n) is 8.62. The molecule has 1 unspecified atom stereocenters. The number of halogens is 1. The zero-order chi connectivity index (χ0) is 20.7. The predicted molar refractivity (Wildman–Crippen MR) is 120 cm³/mol. The Morgan fingerprint density at radius 1 is 1.23 bits per heavy atom. The van der Waals surface area contributed by atoms with Gasteiger partial charge < -0.3 is 15.0 Å². The molecule has 2 aromatic carbocycles. The first-order valence-corrected chi connectivity index (χ1v) is 10.9. The van der Waals surface area contributed by atoms with Crippen LogP contribution in [-0.2, 0) is 11.3 Å². The third kappa shape index (κ3) is 3.68. The van der Waals surface area contributed by atoms with Crippen molar-refractivity contribution >= 4 is 34.1 Å². The number of amides is 1. The summed E-state index contributed by atoms with van der Waals surface area (Å²) in [5.74, 6) is 0.828. The molecule has 2 aliphatic rings. The maximum Gasteiger partial charge on any atom is 0.228 e. The van der Waals surface area contributed by atoms with Gasteiger partial charge in [0, 0.05) is 29.4 Å². The molecule has 1 aromatic heterocycles. The van der Waals surface area contributed by atoms with E-state index < -0.39 is 0 Å². The number of benzene rings is 2. The first kappa shape index (κ1) is 19.5. The molecule has 1 atom stereocenters. The molecule has 1 saturated heterocycles. The van der Waals surface area contributed by atoms with E-state index in [4.69, 9.17) is 16.3 Å². The number of para-hydroxylation sites is 1. The number of likely N-dealkylation sites (tertiary alicyclic amines) is 1. The smallest absolute Gasteiger partial charge is 0.228 e. The Morgan fingerprint density at radius 3 is 2.77 bits per heavy atom. The first-order valence-electron chi connectivity index (χ1n) is 10.5. The van der Waals surface area contributed by atoms with Crippen LogP contribution in [0.15, 0.2) is 48.5 Å². The molecule has 1 amide bonds. The molecule has 1 aliphatic carbocycles. The molecular weight excluding hydrogens is 398 g/mol. The summed E-state index contributed by atoms with van der Waals surface area (Å²) >= 11 is 6.17. The van der Waals surface area contributed by atoms with Crippen LogP contribution in [0.4, 0.5) is 5.69 Å². The van der Waals surface area contributed by atoms with E-state index in [-0.39, 0.29) is 17.2 Å². The zero-order valence-electron chi connectivity index (χ0n) is 17.1. The van der Waals surface area contributed by atoms with E-state index in [1.807, 2.05) is 6.07 Å². The number of nitrogens with zero attached hydrogens (tertiary/aromatic N) is 1. The highest BCUT2D eigenvalue weighted by molar-refractivity contribution is 6.32. The number of H-pyrrole nitrogens is 1. The number of nitrogens with one attached hydrogen (secondary N) is 2. The highest BCUT2D eigenvalue weighted by Gasteiger charge is 2.58. The third-order valence-electron chi connectivity index (χ3n) is 6.76. The molecule has 2 N–H and O–H groups in total. The van der Waals surface area contributed by atoms with Crippen molar-refractivity contribution in [3.8, 4) is 5.75 Å². The minimum Gasteiger partial charge on any atom is -0.495 e. The molecule has 5 rings (SSSR count). The van der Waals surface area contributed by atoms with Gasteiger partial charge in [0.15, 0.2) is 0 Å². The van der Waals surface area contributed by atoms with Gasteiger partial charge in [-0.1, -0.05) is 29.8 Å². The van der Waals surface area contributed by atoms with Crippen molar-refractivity contribution in [2.45, 2.75) is 25.8 Å². The van der Waals surface area contributed by atoms with Crippen molar-refractivity contribution in [3.05, 3.63) is 59.2 Å². The van der Waals surface area contributed by atoms with E-state index in [0.717, 1.165) is 44.6 Å². The molecule has 3 aromatic rings. The number of hydrogen-bond acceptors (Lipinski definition) is 3. The summed E-state index contributed by atoms with van der Waals surface area (Å²) in [7, 11) is 1.58. The van der Waals surface area contributed by atoms with Crippen LogP contribution in [0, 0.1) is 11.3 Å². The summed E-state index contributed by atoms with van der Waals surface area (Å²) in [6.45, 7) is 3.01. The number of rotatable bonds is 5. The van der Waals surface area contributed by atoms with Crippen LogP contribution >= 0.6 is 11.6 Å². The molecule has 1 aliphatic heterocycles. The highest BCUT2D eigenvalue weighted by Crippen LogP contribution is 2.59. The number of hydrogen-bond donors (Lipinski definition) is 2. The maximum atomic E-state index is 12.8. The lowest BCUT2D eigenvalue weighted by molar-refractivity contribution is -0.118. The molecule has 2 heterocycles. The molecule has 6 heteroatoms. The van der Waals surface area contributed by atoms with Crippen LogP contribution in [0.3, 0.4) is 0 Å². The zero-order valence-corrected chi connectivity index (χ0v) is 17.8. The summed E-state index contributed by atoms with van der Waals surface area (Å²) in [6.07, 6.45) is 3.15. The van der Waals surface area contributed by atoms with Crippen LogP contribution in [-0.4, -0.2) is 36.0 Å². The number of methoxy groups -OCH3 is 1. The Bertz CT molecular complexity index is 1050. The minimum absolute atomic E-state index is 0.105. The summed E-state index contributed by atoms with van der Waals surface area (Å²) in [6, 6.07) is 16.0. The monoisotopic (exact) mass is 423 g/mol. The molecule has 1 saturated carbocycles. The van der Waals surface area contributed by atoms with Crippen molar-refractivity contribution < 1.29 is 9.53 Å². The van der Waals surface area contributed by atoms with E-state index in [9.17, 15) is 4.79 Å². The second-order valence-corrected chi connectivity index (χ2v) is 9.02. The number of carbonyl (C=O) groups excluding carboxylic acids is 1. The minimum atomic E-state index is 0.105. The van der Waals surface area contributed by atoms with E-state index in [1.54, 1.807) is 19.2 Å². The Hall–Kier alpha value is -2.50. The SMILES string of the molecule is COc1ccc(NC(=O)C2CC23CCN(Cc2cc4ccccc4[nH]2)CC3)cc1Cl. The van der Waals surface area contributed by atoms with Crippen LogP contribution < -0.4 is 10.1 Å². The van der Waals surface area contributed by atoms with Crippen molar-refractivity contribution in [1.29, 1.82) is 0 Å². The van der Waals surface area contributed by atoms with Crippen LogP contribution in [0.1, 0.15) is 25.0 Å². The quantitative estimate of drug-likeness (QED) is 0.602. The molecule has 0 radical (unpaired) electrons. The van der Waals surface area contributed by atoms with Gasteiger partial charge in [-0.25, -0.2) is 0 Å². The highest BCUT2D eigenvalue weighted by atomic mass is 35.5. The summed E-state index contributed by atoms with van der Waals surface area (Å²) in [5.41, 5.74) is 3.35. The number of ether oxygens (including phenoxy) is 1. The lowest BCUT2D eigenvalue weighted by atomic mass is 9.90. The number of piperidine rings is 1. The van der Waals surface area contributed by atoms with Gasteiger partial charge in [-0.3, -0.25) is 9.69 Å². The number of aromatic amines is 1. The number of aromatic nitrogens is 1. The van der Waals surface area contributed by atoms with Crippen LogP contribution in [0.5, 0.6) is 5.75 Å². The van der Waals surface area contributed by atoms with Gasteiger partial charge in [-0.05, 0) is 73.5 Å². The fraction of sp³-hybridized carbons (Fsp3) is 0.375. The van der Waals surface area contributed by atoms with Gasteiger partial charge in [-0.2, -0.15) is 0 Å². The van der Waals surface area contributed by atoms with Crippen molar-refractivity contribution in [2.24, 2.45) is 11.3 Å². The molecule has 0 bridgehead atoms. The fourth-order valence-corrected chi connectivity index (χ4v) is 5.12. The number of fused-ring (bicyclic) bond motifs is 1. The average molecular weight is 424 g/mol. The Labute approximate surface area is 181 Å². The summed E-state index contributed by atoms with van der Waals surface area (Å²) < 4.78 is 5.17. The van der Waals surface area contributed by atoms with Crippen LogP contribution in [0.25, 0.3) is 10.9 Å². The first-order chi connectivity index (χ1) is 14.6. The molecule has 30 heavy (non-hydrogen) atoms. The van der Waals surface area contributed by atoms with Gasteiger partial charge in [-0.15, -0.1) is 0 Å². The van der Waals surface area contributed by atoms with Crippen molar-refractivity contribution in [2.75, 3.05) is 25.5 Å². The second kappa shape index (κ2) is 7.64. The Balaban J connectivity index is 1.16. The predicted octanol–water partition coefficient (Wildman–Crippen LogP) is 5.07. The Morgan fingerprint density at radius 2 is 2.03 bits per heavy atom. The standard InChI is InChI=1S/C24H26ClN3O2/c1-30-22-7-6-17(13-20(22)25)27-23(29)19-14-24(19)8-10-28(11-9-24)15-18-12-16-4-2-3-5-21(16)26-18/h2-7,12-13,19,26H,8-11,14-15H2,1H3,(H,27,29). The average Bonchev–Trinajstić information content (AvgIpc) is 3.29. The maximum absolute atomic E-state index is 12.8. The largest absolute Gasteiger partial charge is 0.495 e. The van der Waals surface area contributed by atoms with Gasteiger partial charge in [0.25, 0.3) is 0 Å². The van der Waals surface area contributed by atoms with Crippen molar-refractivity contribution in [3.63, 3.8) is 0 Å². The van der Waals surface area contributed by atoms with Gasteiger partial charge >= 0.3 is 0 Å². The van der Waals surface area contributed by atoms with E-state index in [1.165, 1.54) is 16.6 Å². The van der Waals surface area contributed by atoms with Crippen LogP contribution in [0.2, 0.25) is 5.02 Å². The number of carbonyl (C=O) groups is 1. The van der Waals surface area contributed by atoms with Gasteiger partial charge in [0.1, 0.15) is 5.75 Å². The lowest BCUT2D eigenvalue weighted by Crippen LogP contribution is -2.35. The topological polar surface area (TPSA) is 57.4 Å². The normalized spacial score (nSPS) is 20.4. The van der Waals surface area contributed by atoms with Gasteiger partial charge in [0.2, 0.25) is 5.91 Å². The number of anilines is 1. The summed E-state index contributed by atoms with van der Waals surface area (Å²) in [5, 5.41) is 4.80. The summed E-state index contributed by atoms with van der Waals surface area (Å²) in [4.78, 5) is 18.8. The molecule has 5 nitrogen and oxygen atoms in total. The van der Waals surface area contributed by atoms with Crippen molar-refractivity contribution in [1.82, 2.24) is 9.88 Å². The van der Waals surface area contributed by atoms with E-state index >= 15 is 0 Å². The molecule has 156 valence electrons. The van der Waals surface area contributed by atoms with Gasteiger partial charge in [0.05, 0.1) is 12.1 Å². The van der Waals surface area contributed by atoms with E-state index in [0.29, 0.717) is 10.8 Å². The van der Waals surface area contributed by atoms with E-state index in [2.05, 4.69) is 45.5 Å². The third-order valence-corrected chi connectivity index (χ3v) is 7.05.